The Morgan fingerprint density at radius 1 is 1.39 bits per heavy atom. The van der Waals surface area contributed by atoms with E-state index in [-0.39, 0.29) is 0 Å². The number of imidazole rings is 1. The first-order valence-electron chi connectivity index (χ1n) is 6.06. The van der Waals surface area contributed by atoms with E-state index in [1.54, 1.807) is 0 Å². The van der Waals surface area contributed by atoms with E-state index >= 15 is 0 Å². The Bertz CT molecular complexity index is 585. The van der Waals surface area contributed by atoms with Crippen LogP contribution in [0.2, 0.25) is 0 Å². The quantitative estimate of drug-likeness (QED) is 0.815. The number of morpholine rings is 1. The maximum atomic E-state index is 11.2. The second kappa shape index (κ2) is 4.42. The molecule has 0 saturated carbocycles. The highest BCUT2D eigenvalue weighted by atomic mass is 16.5. The van der Waals surface area contributed by atoms with Gasteiger partial charge < -0.3 is 14.6 Å². The Morgan fingerprint density at radius 2 is 2.17 bits per heavy atom. The largest absolute Gasteiger partial charge is 0.378 e. The Labute approximate surface area is 105 Å². The van der Waals surface area contributed by atoms with Gasteiger partial charge >= 0.3 is 0 Å². The van der Waals surface area contributed by atoms with E-state index in [9.17, 15) is 4.79 Å². The van der Waals surface area contributed by atoms with Gasteiger partial charge in [0.2, 0.25) is 0 Å². The van der Waals surface area contributed by atoms with Crippen LogP contribution in [0, 0.1) is 6.92 Å². The van der Waals surface area contributed by atoms with Crippen LogP contribution < -0.4 is 4.90 Å². The topological polar surface area (TPSA) is 58.2 Å². The van der Waals surface area contributed by atoms with Crippen molar-refractivity contribution in [3.8, 4) is 0 Å². The molecule has 18 heavy (non-hydrogen) atoms. The number of fused-ring (bicyclic) bond motifs is 1. The summed E-state index contributed by atoms with van der Waals surface area (Å²) >= 11 is 0. The molecule has 5 heteroatoms. The fourth-order valence-electron chi connectivity index (χ4n) is 2.35. The summed E-state index contributed by atoms with van der Waals surface area (Å²) in [4.78, 5) is 20.9. The third-order valence-corrected chi connectivity index (χ3v) is 3.22. The van der Waals surface area contributed by atoms with Crippen LogP contribution in [0.25, 0.3) is 11.0 Å². The molecule has 1 aliphatic heterocycles. The lowest BCUT2D eigenvalue weighted by atomic mass is 10.1. The third-order valence-electron chi connectivity index (χ3n) is 3.22. The van der Waals surface area contributed by atoms with E-state index in [1.807, 2.05) is 19.1 Å². The summed E-state index contributed by atoms with van der Waals surface area (Å²) < 4.78 is 5.34. The number of H-pyrrole nitrogens is 1. The molecule has 2 heterocycles. The first-order valence-corrected chi connectivity index (χ1v) is 6.06. The van der Waals surface area contributed by atoms with Crippen molar-refractivity contribution in [2.75, 3.05) is 31.2 Å². The third kappa shape index (κ3) is 1.86. The molecular weight excluding hydrogens is 230 g/mol. The van der Waals surface area contributed by atoms with Crippen molar-refractivity contribution in [2.45, 2.75) is 6.92 Å². The molecule has 0 aliphatic carbocycles. The van der Waals surface area contributed by atoms with Crippen molar-refractivity contribution in [3.05, 3.63) is 23.5 Å². The van der Waals surface area contributed by atoms with Crippen LogP contribution in [-0.2, 0) is 4.74 Å². The van der Waals surface area contributed by atoms with Crippen molar-refractivity contribution in [2.24, 2.45) is 0 Å². The van der Waals surface area contributed by atoms with Crippen LogP contribution in [0.4, 0.5) is 5.69 Å². The molecule has 2 aromatic rings. The highest BCUT2D eigenvalue weighted by molar-refractivity contribution is 5.96. The number of rotatable bonds is 2. The number of ether oxygens (including phenoxy) is 1. The standard InChI is InChI=1S/C13H15N3O2/c1-9-14-12-7-11(16-2-4-18-5-3-16)6-10(8-17)13(12)15-9/h6-8H,2-5H2,1H3,(H,14,15). The summed E-state index contributed by atoms with van der Waals surface area (Å²) in [6, 6.07) is 3.95. The number of benzene rings is 1. The zero-order chi connectivity index (χ0) is 12.5. The molecule has 5 nitrogen and oxygen atoms in total. The van der Waals surface area contributed by atoms with Crippen LogP contribution in [0.5, 0.6) is 0 Å². The van der Waals surface area contributed by atoms with Gasteiger partial charge in [-0.3, -0.25) is 4.79 Å². The number of aldehydes is 1. The molecule has 0 amide bonds. The van der Waals surface area contributed by atoms with Crippen molar-refractivity contribution in [1.82, 2.24) is 9.97 Å². The molecule has 1 N–H and O–H groups in total. The molecule has 0 spiro atoms. The number of carbonyl (C=O) groups is 1. The average molecular weight is 245 g/mol. The van der Waals surface area contributed by atoms with Crippen LogP contribution in [0.1, 0.15) is 16.2 Å². The van der Waals surface area contributed by atoms with E-state index < -0.39 is 0 Å². The molecular formula is C13H15N3O2. The van der Waals surface area contributed by atoms with Gasteiger partial charge in [-0.25, -0.2) is 4.98 Å². The maximum Gasteiger partial charge on any atom is 0.152 e. The van der Waals surface area contributed by atoms with E-state index in [0.717, 1.165) is 55.1 Å². The van der Waals surface area contributed by atoms with Crippen LogP contribution in [0.15, 0.2) is 12.1 Å². The molecule has 3 rings (SSSR count). The molecule has 1 aromatic heterocycles. The second-order valence-electron chi connectivity index (χ2n) is 4.47. The SMILES string of the molecule is Cc1nc2c(C=O)cc(N3CCOCC3)cc2[nH]1. The van der Waals surface area contributed by atoms with E-state index in [2.05, 4.69) is 14.9 Å². The first kappa shape index (κ1) is 11.2. The summed E-state index contributed by atoms with van der Waals surface area (Å²) in [5, 5.41) is 0. The first-order chi connectivity index (χ1) is 8.78. The molecule has 0 atom stereocenters. The summed E-state index contributed by atoms with van der Waals surface area (Å²) in [5.41, 5.74) is 3.35. The monoisotopic (exact) mass is 245 g/mol. The number of aromatic nitrogens is 2. The predicted octanol–water partition coefficient (Wildman–Crippen LogP) is 1.52. The van der Waals surface area contributed by atoms with Crippen molar-refractivity contribution in [1.29, 1.82) is 0 Å². The number of aryl methyl sites for hydroxylation is 1. The van der Waals surface area contributed by atoms with Gasteiger partial charge in [0.05, 0.1) is 24.2 Å². The van der Waals surface area contributed by atoms with Crippen LogP contribution in [-0.4, -0.2) is 42.6 Å². The Kier molecular flexibility index (Phi) is 2.76. The lowest BCUT2D eigenvalue weighted by molar-refractivity contribution is 0.112. The number of nitrogens with zero attached hydrogens (tertiary/aromatic N) is 2. The van der Waals surface area contributed by atoms with Gasteiger partial charge in [0.25, 0.3) is 0 Å². The van der Waals surface area contributed by atoms with Crippen LogP contribution >= 0.6 is 0 Å². The smallest absolute Gasteiger partial charge is 0.152 e. The number of hydrogen-bond acceptors (Lipinski definition) is 4. The number of aromatic amines is 1. The molecule has 0 bridgehead atoms. The fraction of sp³-hybridized carbons (Fsp3) is 0.385. The second-order valence-corrected chi connectivity index (χ2v) is 4.47. The number of anilines is 1. The number of hydrogen-bond donors (Lipinski definition) is 1. The van der Waals surface area contributed by atoms with Gasteiger partial charge in [-0.2, -0.15) is 0 Å². The summed E-state index contributed by atoms with van der Waals surface area (Å²) in [6.07, 6.45) is 0.868. The van der Waals surface area contributed by atoms with Gasteiger partial charge in [-0.05, 0) is 19.1 Å². The zero-order valence-corrected chi connectivity index (χ0v) is 10.3. The normalized spacial score (nSPS) is 16.2. The molecule has 0 unspecified atom stereocenters. The Balaban J connectivity index is 2.09. The van der Waals surface area contributed by atoms with Crippen LogP contribution in [0.3, 0.4) is 0 Å². The van der Waals surface area contributed by atoms with Crippen molar-refractivity contribution in [3.63, 3.8) is 0 Å². The van der Waals surface area contributed by atoms with Gasteiger partial charge in [0.1, 0.15) is 5.82 Å². The van der Waals surface area contributed by atoms with E-state index in [0.29, 0.717) is 5.56 Å². The van der Waals surface area contributed by atoms with E-state index in [4.69, 9.17) is 4.74 Å². The lowest BCUT2D eigenvalue weighted by Crippen LogP contribution is -2.36. The lowest BCUT2D eigenvalue weighted by Gasteiger charge is -2.29. The van der Waals surface area contributed by atoms with Crippen molar-refractivity contribution < 1.29 is 9.53 Å². The fourth-order valence-corrected chi connectivity index (χ4v) is 2.35. The highest BCUT2D eigenvalue weighted by Crippen LogP contribution is 2.24. The number of carbonyl (C=O) groups excluding carboxylic acids is 1. The highest BCUT2D eigenvalue weighted by Gasteiger charge is 2.14. The predicted molar refractivity (Wildman–Crippen MR) is 69.3 cm³/mol. The minimum Gasteiger partial charge on any atom is -0.378 e. The van der Waals surface area contributed by atoms with E-state index in [1.165, 1.54) is 0 Å². The zero-order valence-electron chi connectivity index (χ0n) is 10.3. The maximum absolute atomic E-state index is 11.2. The van der Waals surface area contributed by atoms with Gasteiger partial charge in [0.15, 0.2) is 6.29 Å². The molecule has 1 saturated heterocycles. The Hall–Kier alpha value is -1.88. The molecule has 0 radical (unpaired) electrons. The number of nitrogens with one attached hydrogen (secondary N) is 1. The molecule has 1 aliphatic rings. The summed E-state index contributed by atoms with van der Waals surface area (Å²) in [6.45, 7) is 5.07. The molecule has 94 valence electrons. The van der Waals surface area contributed by atoms with Gasteiger partial charge in [0, 0.05) is 24.3 Å². The molecule has 1 aromatic carbocycles. The summed E-state index contributed by atoms with van der Waals surface area (Å²) in [7, 11) is 0. The minimum atomic E-state index is 0.637. The Morgan fingerprint density at radius 3 is 2.89 bits per heavy atom. The summed E-state index contributed by atoms with van der Waals surface area (Å²) in [5.74, 6) is 0.826. The van der Waals surface area contributed by atoms with Gasteiger partial charge in [-0.1, -0.05) is 0 Å². The molecule has 1 fully saturated rings. The minimum absolute atomic E-state index is 0.637. The van der Waals surface area contributed by atoms with Crippen molar-refractivity contribution >= 4 is 23.0 Å². The average Bonchev–Trinajstić information content (AvgIpc) is 2.78. The van der Waals surface area contributed by atoms with Gasteiger partial charge in [-0.15, -0.1) is 0 Å².